The molecule has 1 aromatic rings. The van der Waals surface area contributed by atoms with Gasteiger partial charge in [-0.3, -0.25) is 0 Å². The van der Waals surface area contributed by atoms with E-state index in [1.807, 2.05) is 18.2 Å². The molecule has 3 saturated carbocycles. The number of fused-ring (bicyclic) bond motifs is 3. The summed E-state index contributed by atoms with van der Waals surface area (Å²) in [7, 11) is 0. The number of carbonyl (C=O) groups excluding carboxylic acids is 1. The molecule has 5 rings (SSSR count). The Morgan fingerprint density at radius 2 is 1.75 bits per heavy atom. The molecule has 2 heteroatoms. The molecule has 0 heterocycles. The van der Waals surface area contributed by atoms with E-state index in [2.05, 4.69) is 52.0 Å². The first-order valence-corrected chi connectivity index (χ1v) is 12.8. The smallest absolute Gasteiger partial charge is 0.330 e. The predicted molar refractivity (Wildman–Crippen MR) is 131 cm³/mol. The number of esters is 1. The van der Waals surface area contributed by atoms with Gasteiger partial charge in [-0.1, -0.05) is 69.2 Å². The lowest BCUT2D eigenvalue weighted by Crippen LogP contribution is -2.58. The Hall–Kier alpha value is -1.83. The SMILES string of the molecule is Cc1ccc(/C=C/C(=O)OC[C@@]2(C)CCC[C@]3(C)[C@@H]2CC[C@@]24C=C[C@@](C)(CC[C@H]23)C4)cc1. The van der Waals surface area contributed by atoms with E-state index in [4.69, 9.17) is 4.74 Å². The summed E-state index contributed by atoms with van der Waals surface area (Å²) in [6, 6.07) is 8.21. The zero-order chi connectivity index (χ0) is 22.6. The lowest BCUT2D eigenvalue weighted by Gasteiger charge is -2.64. The van der Waals surface area contributed by atoms with Gasteiger partial charge in [0.2, 0.25) is 0 Å². The number of allylic oxidation sites excluding steroid dienone is 2. The average Bonchev–Trinajstić information content (AvgIpc) is 3.00. The van der Waals surface area contributed by atoms with Crippen LogP contribution in [0.5, 0.6) is 0 Å². The Bertz CT molecular complexity index is 942. The predicted octanol–water partition coefficient (Wildman–Crippen LogP) is 7.52. The Balaban J connectivity index is 1.29. The van der Waals surface area contributed by atoms with Crippen molar-refractivity contribution in [1.29, 1.82) is 0 Å². The first-order valence-electron chi connectivity index (χ1n) is 12.8. The maximum absolute atomic E-state index is 12.6. The quantitative estimate of drug-likeness (QED) is 0.279. The van der Waals surface area contributed by atoms with Crippen LogP contribution in [0.15, 0.2) is 42.5 Å². The molecule has 172 valence electrons. The second-order valence-electron chi connectivity index (χ2n) is 12.4. The normalized spacial score (nSPS) is 42.5. The second kappa shape index (κ2) is 7.61. The zero-order valence-corrected chi connectivity index (χ0v) is 20.5. The second-order valence-corrected chi connectivity index (χ2v) is 12.4. The average molecular weight is 433 g/mol. The largest absolute Gasteiger partial charge is 0.462 e. The van der Waals surface area contributed by atoms with Crippen molar-refractivity contribution in [2.75, 3.05) is 6.61 Å². The first-order chi connectivity index (χ1) is 15.2. The Morgan fingerprint density at radius 3 is 2.53 bits per heavy atom. The van der Waals surface area contributed by atoms with Crippen LogP contribution in [0.25, 0.3) is 6.08 Å². The highest BCUT2D eigenvalue weighted by atomic mass is 16.5. The third-order valence-electron chi connectivity index (χ3n) is 10.1. The molecule has 2 bridgehead atoms. The van der Waals surface area contributed by atoms with Crippen molar-refractivity contribution in [3.05, 3.63) is 53.6 Å². The van der Waals surface area contributed by atoms with Crippen LogP contribution in [0, 0.1) is 40.4 Å². The monoisotopic (exact) mass is 432 g/mol. The van der Waals surface area contributed by atoms with Gasteiger partial charge >= 0.3 is 5.97 Å². The molecule has 0 saturated heterocycles. The molecule has 0 amide bonds. The lowest BCUT2D eigenvalue weighted by atomic mass is 9.40. The first kappa shape index (κ1) is 22.0. The topological polar surface area (TPSA) is 26.3 Å². The standard InChI is InChI=1S/C30H40O2/c1-22-6-8-23(9-7-22)10-11-26(31)32-21-28(3)14-5-15-29(4)24(28)13-17-30-19-18-27(2,20-30)16-12-25(29)30/h6-11,18-19,24-25H,5,12-17,20-21H2,1-4H3/b11-10+/t24-,25+,27-,28-,29-,30+/m1/s1. The highest BCUT2D eigenvalue weighted by molar-refractivity contribution is 5.87. The molecular formula is C30H40O2. The van der Waals surface area contributed by atoms with Crippen molar-refractivity contribution in [3.8, 4) is 0 Å². The van der Waals surface area contributed by atoms with Gasteiger partial charge < -0.3 is 4.74 Å². The zero-order valence-electron chi connectivity index (χ0n) is 20.5. The molecule has 0 radical (unpaired) electrons. The molecule has 6 atom stereocenters. The van der Waals surface area contributed by atoms with E-state index in [1.54, 1.807) is 6.08 Å². The molecule has 0 N–H and O–H groups in total. The van der Waals surface area contributed by atoms with Gasteiger partial charge in [-0.05, 0) is 91.6 Å². The van der Waals surface area contributed by atoms with Crippen LogP contribution in [0.4, 0.5) is 0 Å². The fourth-order valence-electron chi connectivity index (χ4n) is 8.57. The molecule has 0 unspecified atom stereocenters. The van der Waals surface area contributed by atoms with E-state index in [9.17, 15) is 4.79 Å². The van der Waals surface area contributed by atoms with Crippen molar-refractivity contribution in [1.82, 2.24) is 0 Å². The highest BCUT2D eigenvalue weighted by Crippen LogP contribution is 2.71. The lowest BCUT2D eigenvalue weighted by molar-refractivity contribution is -0.168. The maximum atomic E-state index is 12.6. The molecule has 4 aliphatic rings. The van der Waals surface area contributed by atoms with Gasteiger partial charge in [0.1, 0.15) is 0 Å². The van der Waals surface area contributed by atoms with Gasteiger partial charge in [-0.2, -0.15) is 0 Å². The summed E-state index contributed by atoms with van der Waals surface area (Å²) in [5.74, 6) is 1.22. The fraction of sp³-hybridized carbons (Fsp3) is 0.633. The number of rotatable bonds is 4. The van der Waals surface area contributed by atoms with E-state index in [-0.39, 0.29) is 11.4 Å². The number of carbonyl (C=O) groups is 1. The van der Waals surface area contributed by atoms with Crippen LogP contribution in [0.1, 0.15) is 83.3 Å². The van der Waals surface area contributed by atoms with Crippen molar-refractivity contribution in [2.45, 2.75) is 79.1 Å². The summed E-state index contributed by atoms with van der Waals surface area (Å²) in [5.41, 5.74) is 3.59. The maximum Gasteiger partial charge on any atom is 0.330 e. The molecule has 4 aliphatic carbocycles. The minimum absolute atomic E-state index is 0.0883. The van der Waals surface area contributed by atoms with E-state index in [0.29, 0.717) is 28.8 Å². The van der Waals surface area contributed by atoms with Crippen molar-refractivity contribution in [3.63, 3.8) is 0 Å². The Kier molecular flexibility index (Phi) is 5.23. The van der Waals surface area contributed by atoms with Gasteiger partial charge in [-0.15, -0.1) is 0 Å². The number of aryl methyl sites for hydroxylation is 1. The van der Waals surface area contributed by atoms with Crippen LogP contribution < -0.4 is 0 Å². The van der Waals surface area contributed by atoms with Gasteiger partial charge in [-0.25, -0.2) is 4.79 Å². The minimum Gasteiger partial charge on any atom is -0.462 e. The van der Waals surface area contributed by atoms with Crippen LogP contribution in [0.2, 0.25) is 0 Å². The van der Waals surface area contributed by atoms with E-state index < -0.39 is 0 Å². The van der Waals surface area contributed by atoms with Crippen molar-refractivity contribution < 1.29 is 9.53 Å². The van der Waals surface area contributed by atoms with Crippen LogP contribution in [-0.4, -0.2) is 12.6 Å². The Labute approximate surface area is 194 Å². The summed E-state index contributed by atoms with van der Waals surface area (Å²) in [6.45, 7) is 10.1. The molecule has 2 nitrogen and oxygen atoms in total. The third kappa shape index (κ3) is 3.58. The van der Waals surface area contributed by atoms with E-state index in [1.165, 1.54) is 56.9 Å². The van der Waals surface area contributed by atoms with E-state index >= 15 is 0 Å². The molecule has 0 aromatic heterocycles. The van der Waals surface area contributed by atoms with Crippen LogP contribution >= 0.6 is 0 Å². The van der Waals surface area contributed by atoms with Crippen molar-refractivity contribution >= 4 is 12.0 Å². The molecular weight excluding hydrogens is 392 g/mol. The van der Waals surface area contributed by atoms with Crippen molar-refractivity contribution in [2.24, 2.45) is 33.5 Å². The van der Waals surface area contributed by atoms with Gasteiger partial charge in [0.05, 0.1) is 6.61 Å². The van der Waals surface area contributed by atoms with Crippen LogP contribution in [0.3, 0.4) is 0 Å². The molecule has 3 fully saturated rings. The third-order valence-corrected chi connectivity index (χ3v) is 10.1. The number of benzene rings is 1. The number of ether oxygens (including phenoxy) is 1. The number of hydrogen-bond donors (Lipinski definition) is 0. The summed E-state index contributed by atoms with van der Waals surface area (Å²) < 4.78 is 5.90. The van der Waals surface area contributed by atoms with E-state index in [0.717, 1.165) is 11.5 Å². The summed E-state index contributed by atoms with van der Waals surface area (Å²) >= 11 is 0. The molecule has 1 aromatic carbocycles. The molecule has 0 aliphatic heterocycles. The highest BCUT2D eigenvalue weighted by Gasteiger charge is 2.63. The van der Waals surface area contributed by atoms with Gasteiger partial charge in [0, 0.05) is 11.5 Å². The molecule has 1 spiro atoms. The summed E-state index contributed by atoms with van der Waals surface area (Å²) in [4.78, 5) is 12.6. The summed E-state index contributed by atoms with van der Waals surface area (Å²) in [6.07, 6.45) is 19.1. The Morgan fingerprint density at radius 1 is 1.00 bits per heavy atom. The van der Waals surface area contributed by atoms with Gasteiger partial charge in [0.25, 0.3) is 0 Å². The fourth-order valence-corrected chi connectivity index (χ4v) is 8.57. The molecule has 32 heavy (non-hydrogen) atoms. The van der Waals surface area contributed by atoms with Gasteiger partial charge in [0.15, 0.2) is 0 Å². The minimum atomic E-state index is -0.210. The number of hydrogen-bond acceptors (Lipinski definition) is 2. The van der Waals surface area contributed by atoms with Crippen LogP contribution in [-0.2, 0) is 9.53 Å². The summed E-state index contributed by atoms with van der Waals surface area (Å²) in [5, 5.41) is 0.